The molecule has 0 aliphatic carbocycles. The van der Waals surface area contributed by atoms with E-state index in [1.165, 1.54) is 0 Å². The van der Waals surface area contributed by atoms with Crippen molar-refractivity contribution in [2.45, 2.75) is 6.10 Å². The first-order chi connectivity index (χ1) is 8.76. The molecule has 0 saturated carbocycles. The summed E-state index contributed by atoms with van der Waals surface area (Å²) in [5.74, 6) is -0.451. The van der Waals surface area contributed by atoms with Crippen LogP contribution in [0.3, 0.4) is 0 Å². The molecular formula is C16H14O2. The molecular weight excluding hydrogens is 224 g/mol. The lowest BCUT2D eigenvalue weighted by Crippen LogP contribution is -2.07. The smallest absolute Gasteiger partial charge is 0.331 e. The van der Waals surface area contributed by atoms with E-state index in [0.717, 1.165) is 22.4 Å². The summed E-state index contributed by atoms with van der Waals surface area (Å²) in [5.41, 5.74) is 0.929. The highest BCUT2D eigenvalue weighted by molar-refractivity contribution is 5.87. The Morgan fingerprint density at radius 1 is 1.11 bits per heavy atom. The topological polar surface area (TPSA) is 26.3 Å². The molecule has 0 radical (unpaired) electrons. The third-order valence-corrected chi connectivity index (χ3v) is 2.75. The fourth-order valence-electron chi connectivity index (χ4n) is 1.91. The molecule has 0 bridgehead atoms. The van der Waals surface area contributed by atoms with Gasteiger partial charge in [-0.25, -0.2) is 4.79 Å². The standard InChI is InChI=1S/C16H14O2/c1-3-15(18-16(17)4-2)14-11-7-9-12-8-5-6-10-13(12)14/h3-11,15H,1-2H2. The van der Waals surface area contributed by atoms with Gasteiger partial charge in [0.05, 0.1) is 0 Å². The van der Waals surface area contributed by atoms with Crippen LogP contribution in [0.1, 0.15) is 11.7 Å². The van der Waals surface area contributed by atoms with E-state index in [0.29, 0.717) is 0 Å². The van der Waals surface area contributed by atoms with Crippen LogP contribution in [0.25, 0.3) is 10.8 Å². The Hall–Kier alpha value is -2.35. The number of carbonyl (C=O) groups is 1. The zero-order chi connectivity index (χ0) is 13.0. The van der Waals surface area contributed by atoms with Gasteiger partial charge >= 0.3 is 5.97 Å². The van der Waals surface area contributed by atoms with Crippen LogP contribution in [0.4, 0.5) is 0 Å². The van der Waals surface area contributed by atoms with Crippen LogP contribution >= 0.6 is 0 Å². The normalized spacial score (nSPS) is 11.8. The second-order valence-electron chi connectivity index (χ2n) is 3.87. The predicted octanol–water partition coefficient (Wildman–Crippen LogP) is 3.80. The lowest BCUT2D eigenvalue weighted by atomic mass is 10.0. The summed E-state index contributed by atoms with van der Waals surface area (Å²) in [4.78, 5) is 11.3. The van der Waals surface area contributed by atoms with Gasteiger partial charge in [0.1, 0.15) is 6.10 Å². The van der Waals surface area contributed by atoms with Crippen LogP contribution in [0.5, 0.6) is 0 Å². The second kappa shape index (κ2) is 5.32. The highest BCUT2D eigenvalue weighted by atomic mass is 16.5. The molecule has 18 heavy (non-hydrogen) atoms. The van der Waals surface area contributed by atoms with E-state index in [1.54, 1.807) is 6.08 Å². The van der Waals surface area contributed by atoms with Crippen molar-refractivity contribution in [1.29, 1.82) is 0 Å². The molecule has 0 aromatic heterocycles. The molecule has 2 nitrogen and oxygen atoms in total. The molecule has 0 aliphatic heterocycles. The number of hydrogen-bond acceptors (Lipinski definition) is 2. The summed E-state index contributed by atoms with van der Waals surface area (Å²) in [7, 11) is 0. The van der Waals surface area contributed by atoms with Gasteiger partial charge in [-0.05, 0) is 16.8 Å². The predicted molar refractivity (Wildman–Crippen MR) is 73.2 cm³/mol. The first-order valence-electron chi connectivity index (χ1n) is 5.69. The van der Waals surface area contributed by atoms with Crippen molar-refractivity contribution < 1.29 is 9.53 Å². The lowest BCUT2D eigenvalue weighted by molar-refractivity contribution is -0.141. The Balaban J connectivity index is 2.48. The number of fused-ring (bicyclic) bond motifs is 1. The molecule has 1 atom stereocenters. The number of benzene rings is 2. The summed E-state index contributed by atoms with van der Waals surface area (Å²) in [6, 6.07) is 13.9. The summed E-state index contributed by atoms with van der Waals surface area (Å²) in [6.45, 7) is 7.12. The second-order valence-corrected chi connectivity index (χ2v) is 3.87. The highest BCUT2D eigenvalue weighted by Gasteiger charge is 2.13. The minimum Gasteiger partial charge on any atom is -0.450 e. The van der Waals surface area contributed by atoms with Crippen molar-refractivity contribution in [2.24, 2.45) is 0 Å². The van der Waals surface area contributed by atoms with Gasteiger partial charge in [0, 0.05) is 11.6 Å². The Bertz CT molecular complexity index is 594. The van der Waals surface area contributed by atoms with Gasteiger partial charge in [-0.15, -0.1) is 0 Å². The van der Waals surface area contributed by atoms with Crippen LogP contribution in [-0.4, -0.2) is 5.97 Å². The molecule has 0 aliphatic rings. The quantitative estimate of drug-likeness (QED) is 0.460. The Morgan fingerprint density at radius 3 is 2.56 bits per heavy atom. The van der Waals surface area contributed by atoms with Gasteiger partial charge in [0.25, 0.3) is 0 Å². The molecule has 2 aromatic carbocycles. The van der Waals surface area contributed by atoms with Crippen molar-refractivity contribution in [3.63, 3.8) is 0 Å². The van der Waals surface area contributed by atoms with E-state index in [-0.39, 0.29) is 0 Å². The molecule has 0 spiro atoms. The van der Waals surface area contributed by atoms with Crippen LogP contribution in [0, 0.1) is 0 Å². The first-order valence-corrected chi connectivity index (χ1v) is 5.69. The Morgan fingerprint density at radius 2 is 1.83 bits per heavy atom. The van der Waals surface area contributed by atoms with Crippen molar-refractivity contribution in [3.05, 3.63) is 73.3 Å². The van der Waals surface area contributed by atoms with E-state index in [1.807, 2.05) is 42.5 Å². The van der Waals surface area contributed by atoms with Crippen LogP contribution in [-0.2, 0) is 9.53 Å². The average molecular weight is 238 g/mol. The molecule has 2 rings (SSSR count). The fourth-order valence-corrected chi connectivity index (χ4v) is 1.91. The molecule has 1 unspecified atom stereocenters. The number of esters is 1. The maximum absolute atomic E-state index is 11.3. The molecule has 2 aromatic rings. The lowest BCUT2D eigenvalue weighted by Gasteiger charge is -2.15. The molecule has 0 saturated heterocycles. The Labute approximate surface area is 106 Å². The van der Waals surface area contributed by atoms with Gasteiger partial charge in [-0.2, -0.15) is 0 Å². The van der Waals surface area contributed by atoms with Gasteiger partial charge in [0.2, 0.25) is 0 Å². The zero-order valence-corrected chi connectivity index (χ0v) is 10.0. The number of rotatable bonds is 4. The van der Waals surface area contributed by atoms with Crippen molar-refractivity contribution in [2.75, 3.05) is 0 Å². The van der Waals surface area contributed by atoms with Crippen LogP contribution in [0.15, 0.2) is 67.8 Å². The van der Waals surface area contributed by atoms with Crippen LogP contribution in [0.2, 0.25) is 0 Å². The zero-order valence-electron chi connectivity index (χ0n) is 10.0. The maximum atomic E-state index is 11.3. The first kappa shape index (κ1) is 12.1. The molecule has 0 N–H and O–H groups in total. The van der Waals surface area contributed by atoms with E-state index in [9.17, 15) is 4.79 Å². The summed E-state index contributed by atoms with van der Waals surface area (Å²) in [5, 5.41) is 2.17. The van der Waals surface area contributed by atoms with Crippen molar-refractivity contribution in [3.8, 4) is 0 Å². The summed E-state index contributed by atoms with van der Waals surface area (Å²) < 4.78 is 5.27. The van der Waals surface area contributed by atoms with Gasteiger partial charge in [-0.1, -0.05) is 55.6 Å². The molecule has 2 heteroatoms. The van der Waals surface area contributed by atoms with Gasteiger partial charge < -0.3 is 4.74 Å². The number of carbonyl (C=O) groups excluding carboxylic acids is 1. The van der Waals surface area contributed by atoms with Crippen molar-refractivity contribution >= 4 is 16.7 Å². The molecule has 90 valence electrons. The molecule has 0 amide bonds. The Kier molecular flexibility index (Phi) is 3.58. The van der Waals surface area contributed by atoms with Crippen LogP contribution < -0.4 is 0 Å². The van der Waals surface area contributed by atoms with E-state index in [2.05, 4.69) is 13.2 Å². The summed E-state index contributed by atoms with van der Waals surface area (Å²) >= 11 is 0. The summed E-state index contributed by atoms with van der Waals surface area (Å²) in [6.07, 6.45) is 2.31. The third kappa shape index (κ3) is 2.33. The van der Waals surface area contributed by atoms with Gasteiger partial charge in [0.15, 0.2) is 0 Å². The van der Waals surface area contributed by atoms with E-state index < -0.39 is 12.1 Å². The molecule has 0 heterocycles. The average Bonchev–Trinajstić information content (AvgIpc) is 2.44. The minimum absolute atomic E-state index is 0.451. The monoisotopic (exact) mass is 238 g/mol. The third-order valence-electron chi connectivity index (χ3n) is 2.75. The van der Waals surface area contributed by atoms with E-state index >= 15 is 0 Å². The van der Waals surface area contributed by atoms with E-state index in [4.69, 9.17) is 4.74 Å². The fraction of sp³-hybridized carbons (Fsp3) is 0.0625. The maximum Gasteiger partial charge on any atom is 0.331 e. The SMILES string of the molecule is C=CC(=O)OC(C=C)c1cccc2ccccc12. The largest absolute Gasteiger partial charge is 0.450 e. The van der Waals surface area contributed by atoms with Crippen molar-refractivity contribution in [1.82, 2.24) is 0 Å². The highest BCUT2D eigenvalue weighted by Crippen LogP contribution is 2.27. The number of hydrogen-bond donors (Lipinski definition) is 0. The van der Waals surface area contributed by atoms with Gasteiger partial charge in [-0.3, -0.25) is 0 Å². The minimum atomic E-state index is -0.457. The molecule has 0 fully saturated rings. The number of ether oxygens (including phenoxy) is 1.